The van der Waals surface area contributed by atoms with E-state index in [2.05, 4.69) is 19.4 Å². The number of nitrogens with one attached hydrogen (secondary N) is 1. The van der Waals surface area contributed by atoms with Crippen LogP contribution in [0.3, 0.4) is 0 Å². The normalized spacial score (nSPS) is 17.7. The molecule has 0 heterocycles. The number of aliphatic hydroxyl groups excluding tert-OH is 1. The third kappa shape index (κ3) is 7.24. The van der Waals surface area contributed by atoms with Gasteiger partial charge in [0.1, 0.15) is 42.9 Å². The van der Waals surface area contributed by atoms with E-state index in [1.807, 2.05) is 24.3 Å². The summed E-state index contributed by atoms with van der Waals surface area (Å²) in [5.74, 6) is 0.975. The number of likely N-dealkylation sites (N-methyl/N-ethyl adjacent to an activating group) is 1. The Kier molecular flexibility index (Phi) is 8.74. The second-order valence-electron chi connectivity index (χ2n) is 8.38. The van der Waals surface area contributed by atoms with Crippen LogP contribution in [-0.2, 0) is 11.2 Å². The Morgan fingerprint density at radius 2 is 1.89 bits per heavy atom. The summed E-state index contributed by atoms with van der Waals surface area (Å²) < 4.78 is 5.72. The minimum atomic E-state index is -0.472. The minimum absolute atomic E-state index is 0.209. The molecular weight excluding hydrogens is 340 g/mol. The Bertz CT molecular complexity index is 565. The number of hydrogen-bond acceptors (Lipinski definition) is 3. The maximum atomic E-state index is 11.0. The second kappa shape index (κ2) is 10.8. The van der Waals surface area contributed by atoms with Gasteiger partial charge in [0, 0.05) is 19.3 Å². The summed E-state index contributed by atoms with van der Waals surface area (Å²) in [6, 6.07) is 7.81. The van der Waals surface area contributed by atoms with E-state index in [9.17, 15) is 9.90 Å². The number of hydrogen-bond donors (Lipinski definition) is 3. The predicted octanol–water partition coefficient (Wildman–Crippen LogP) is 0.359. The summed E-state index contributed by atoms with van der Waals surface area (Å²) >= 11 is 0. The molecule has 1 aliphatic rings. The first kappa shape index (κ1) is 21.9. The van der Waals surface area contributed by atoms with Crippen molar-refractivity contribution in [2.24, 2.45) is 0 Å². The number of carbonyl (C=O) groups excluding carboxylic acids is 1. The molecule has 5 nitrogen and oxygen atoms in total. The lowest BCUT2D eigenvalue weighted by molar-refractivity contribution is -0.934. The van der Waals surface area contributed by atoms with E-state index in [4.69, 9.17) is 4.74 Å². The van der Waals surface area contributed by atoms with Crippen molar-refractivity contribution in [3.63, 3.8) is 0 Å². The van der Waals surface area contributed by atoms with Crippen molar-refractivity contribution in [1.29, 1.82) is 0 Å². The molecule has 0 saturated heterocycles. The number of carbonyl (C=O) groups is 1. The minimum Gasteiger partial charge on any atom is -0.491 e. The maximum Gasteiger partial charge on any atom is 0.146 e. The highest BCUT2D eigenvalue weighted by Crippen LogP contribution is 2.24. The van der Waals surface area contributed by atoms with Crippen molar-refractivity contribution in [2.75, 3.05) is 33.8 Å². The van der Waals surface area contributed by atoms with E-state index < -0.39 is 6.10 Å². The molecule has 0 unspecified atom stereocenters. The van der Waals surface area contributed by atoms with Crippen LogP contribution in [0.4, 0.5) is 0 Å². The maximum absolute atomic E-state index is 11.0. The topological polar surface area (TPSA) is 67.6 Å². The Labute approximate surface area is 164 Å². The molecule has 0 bridgehead atoms. The molecule has 0 radical (unpaired) electrons. The molecule has 1 aliphatic carbocycles. The molecular formula is C22H38N2O3+2. The van der Waals surface area contributed by atoms with Crippen LogP contribution >= 0.6 is 0 Å². The van der Waals surface area contributed by atoms with Crippen LogP contribution in [0.2, 0.25) is 0 Å². The zero-order valence-corrected chi connectivity index (χ0v) is 17.3. The van der Waals surface area contributed by atoms with E-state index in [0.29, 0.717) is 25.1 Å². The number of ether oxygens (including phenoxy) is 1. The van der Waals surface area contributed by atoms with Crippen LogP contribution in [0.5, 0.6) is 5.75 Å². The quantitative estimate of drug-likeness (QED) is 0.521. The number of rotatable bonds is 11. The van der Waals surface area contributed by atoms with Gasteiger partial charge in [-0.15, -0.1) is 0 Å². The fourth-order valence-electron chi connectivity index (χ4n) is 4.02. The zero-order valence-electron chi connectivity index (χ0n) is 17.3. The van der Waals surface area contributed by atoms with Crippen molar-refractivity contribution < 1.29 is 24.9 Å². The molecule has 1 aromatic rings. The average molecular weight is 379 g/mol. The summed E-state index contributed by atoms with van der Waals surface area (Å²) in [5, 5.41) is 12.5. The number of quaternary nitrogens is 2. The Balaban J connectivity index is 1.69. The van der Waals surface area contributed by atoms with Crippen molar-refractivity contribution in [1.82, 2.24) is 0 Å². The van der Waals surface area contributed by atoms with Crippen molar-refractivity contribution in [3.8, 4) is 5.75 Å². The zero-order chi connectivity index (χ0) is 19.7. The molecule has 1 atom stereocenters. The molecule has 5 heteroatoms. The molecule has 2 rings (SSSR count). The lowest BCUT2D eigenvalue weighted by atomic mass is 9.80. The average Bonchev–Trinajstić information content (AvgIpc) is 2.66. The van der Waals surface area contributed by atoms with E-state index in [0.717, 1.165) is 24.3 Å². The smallest absolute Gasteiger partial charge is 0.146 e. The number of benzene rings is 1. The van der Waals surface area contributed by atoms with Gasteiger partial charge in [-0.3, -0.25) is 0 Å². The van der Waals surface area contributed by atoms with Gasteiger partial charge in [0.2, 0.25) is 0 Å². The summed E-state index contributed by atoms with van der Waals surface area (Å²) in [7, 11) is 4.53. The molecule has 4 N–H and O–H groups in total. The summed E-state index contributed by atoms with van der Waals surface area (Å²) in [5.41, 5.74) is 1.49. The first-order chi connectivity index (χ1) is 12.9. The number of aryl methyl sites for hydroxylation is 1. The van der Waals surface area contributed by atoms with Crippen LogP contribution in [0, 0.1) is 0 Å². The largest absolute Gasteiger partial charge is 0.491 e. The van der Waals surface area contributed by atoms with E-state index in [1.165, 1.54) is 37.0 Å². The molecule has 1 aromatic carbocycles. The molecule has 27 heavy (non-hydrogen) atoms. The van der Waals surface area contributed by atoms with Crippen LogP contribution in [0.25, 0.3) is 0 Å². The van der Waals surface area contributed by atoms with Gasteiger partial charge in [-0.2, -0.15) is 0 Å². The third-order valence-corrected chi connectivity index (χ3v) is 5.98. The standard InChI is InChI=1S/C22H36N2O3/c1-18(25)7-8-19-9-11-21(12-10-19)27-16-20(26)15-23-17-22(24(2)3)13-5-4-6-14-22/h9-12,20,23,26H,4-8,13-17H2,1-3H3/p+2/t20-/m0/s1. The monoisotopic (exact) mass is 378 g/mol. The van der Waals surface area contributed by atoms with Crippen LogP contribution in [-0.4, -0.2) is 56.3 Å². The second-order valence-corrected chi connectivity index (χ2v) is 8.38. The molecule has 0 spiro atoms. The number of aliphatic hydroxyl groups is 1. The molecule has 0 amide bonds. The lowest BCUT2D eigenvalue weighted by Gasteiger charge is -2.38. The van der Waals surface area contributed by atoms with Gasteiger partial charge in [0.15, 0.2) is 0 Å². The van der Waals surface area contributed by atoms with Gasteiger partial charge in [-0.25, -0.2) is 0 Å². The number of nitrogens with two attached hydrogens (primary N) is 1. The highest BCUT2D eigenvalue weighted by atomic mass is 16.5. The molecule has 0 aliphatic heterocycles. The molecule has 1 saturated carbocycles. The van der Waals surface area contributed by atoms with Gasteiger partial charge in [-0.05, 0) is 43.9 Å². The van der Waals surface area contributed by atoms with Gasteiger partial charge in [0.05, 0.1) is 14.1 Å². The predicted molar refractivity (Wildman–Crippen MR) is 107 cm³/mol. The van der Waals surface area contributed by atoms with Gasteiger partial charge in [0.25, 0.3) is 0 Å². The van der Waals surface area contributed by atoms with E-state index in [1.54, 1.807) is 6.92 Å². The van der Waals surface area contributed by atoms with Crippen molar-refractivity contribution >= 4 is 5.78 Å². The van der Waals surface area contributed by atoms with Crippen molar-refractivity contribution in [2.45, 2.75) is 63.5 Å². The van der Waals surface area contributed by atoms with E-state index in [-0.39, 0.29) is 5.78 Å². The molecule has 152 valence electrons. The summed E-state index contributed by atoms with van der Waals surface area (Å²) in [6.45, 7) is 3.67. The fraction of sp³-hybridized carbons (Fsp3) is 0.682. The Morgan fingerprint density at radius 3 is 2.48 bits per heavy atom. The number of ketones is 1. The SMILES string of the molecule is CC(=O)CCc1ccc(OC[C@@H](O)C[NH2+]CC2([NH+](C)C)CCCCC2)cc1. The van der Waals surface area contributed by atoms with E-state index >= 15 is 0 Å². The van der Waals surface area contributed by atoms with Crippen LogP contribution < -0.4 is 15.0 Å². The van der Waals surface area contributed by atoms with Crippen LogP contribution in [0.1, 0.15) is 51.0 Å². The lowest BCUT2D eigenvalue weighted by Crippen LogP contribution is -3.19. The summed E-state index contributed by atoms with van der Waals surface area (Å²) in [4.78, 5) is 12.6. The van der Waals surface area contributed by atoms with Crippen LogP contribution in [0.15, 0.2) is 24.3 Å². The highest BCUT2D eigenvalue weighted by Gasteiger charge is 2.39. The first-order valence-corrected chi connectivity index (χ1v) is 10.4. The molecule has 0 aromatic heterocycles. The van der Waals surface area contributed by atoms with Gasteiger partial charge >= 0.3 is 0 Å². The first-order valence-electron chi connectivity index (χ1n) is 10.4. The summed E-state index contributed by atoms with van der Waals surface area (Å²) in [6.07, 6.45) is 7.45. The van der Waals surface area contributed by atoms with Gasteiger partial charge in [-0.1, -0.05) is 18.6 Å². The number of Topliss-reactive ketones (excluding diaryl/α,β-unsaturated/α-hetero) is 1. The Hall–Kier alpha value is -1.43. The fourth-order valence-corrected chi connectivity index (χ4v) is 4.02. The third-order valence-electron chi connectivity index (χ3n) is 5.98. The van der Waals surface area contributed by atoms with Crippen molar-refractivity contribution in [3.05, 3.63) is 29.8 Å². The van der Waals surface area contributed by atoms with Gasteiger partial charge < -0.3 is 24.9 Å². The molecule has 1 fully saturated rings. The highest BCUT2D eigenvalue weighted by molar-refractivity contribution is 5.75. The Morgan fingerprint density at radius 1 is 1.22 bits per heavy atom.